The fourth-order valence-corrected chi connectivity index (χ4v) is 0.810. The van der Waals surface area contributed by atoms with Crippen LogP contribution in [-0.4, -0.2) is 7.11 Å². The summed E-state index contributed by atoms with van der Waals surface area (Å²) in [4.78, 5) is 0. The Bertz CT molecular complexity index is 226. The minimum atomic E-state index is -0.347. The van der Waals surface area contributed by atoms with E-state index < -0.39 is 0 Å². The van der Waals surface area contributed by atoms with E-state index in [1.807, 2.05) is 0 Å². The van der Waals surface area contributed by atoms with Gasteiger partial charge < -0.3 is 4.74 Å². The molecule has 2 heteroatoms. The van der Waals surface area contributed by atoms with Crippen molar-refractivity contribution < 1.29 is 9.13 Å². The third-order valence-electron chi connectivity index (χ3n) is 1.68. The van der Waals surface area contributed by atoms with E-state index in [1.54, 1.807) is 13.0 Å². The molecule has 0 heterocycles. The highest BCUT2D eigenvalue weighted by molar-refractivity contribution is 5.23. The number of halogens is 1. The Morgan fingerprint density at radius 1 is 1.46 bits per heavy atom. The van der Waals surface area contributed by atoms with Crippen LogP contribution in [0.2, 0.25) is 0 Å². The van der Waals surface area contributed by atoms with Crippen molar-refractivity contribution in [2.24, 2.45) is 0 Å². The summed E-state index contributed by atoms with van der Waals surface area (Å²) in [5.41, 5.74) is 0.932. The van der Waals surface area contributed by atoms with E-state index >= 15 is 0 Å². The molecule has 74 valence electrons. The van der Waals surface area contributed by atoms with Crippen LogP contribution >= 0.6 is 0 Å². The summed E-state index contributed by atoms with van der Waals surface area (Å²) >= 11 is 0. The molecule has 0 spiro atoms. The predicted molar refractivity (Wildman–Crippen MR) is 54.0 cm³/mol. The number of allylic oxidation sites excluding steroid dienone is 5. The summed E-state index contributed by atoms with van der Waals surface area (Å²) in [6, 6.07) is 0. The largest absolute Gasteiger partial charge is 0.498 e. The van der Waals surface area contributed by atoms with Gasteiger partial charge in [-0.05, 0) is 19.4 Å². The second-order valence-electron chi connectivity index (χ2n) is 2.85. The van der Waals surface area contributed by atoms with E-state index in [4.69, 9.17) is 4.74 Å². The van der Waals surface area contributed by atoms with E-state index in [0.29, 0.717) is 5.76 Å². The standard InChI is InChI=1S/C11H17FO/c1-5-6-9(2)7-8-11(12)10(3)13-4/h7-8H,2,5-6H2,1,3-4H3/b8-7-,11-10-. The highest BCUT2D eigenvalue weighted by Crippen LogP contribution is 2.10. The summed E-state index contributed by atoms with van der Waals surface area (Å²) in [6.45, 7) is 7.43. The first-order valence-corrected chi connectivity index (χ1v) is 4.38. The van der Waals surface area contributed by atoms with E-state index in [-0.39, 0.29) is 5.83 Å². The normalized spacial score (nSPS) is 12.9. The van der Waals surface area contributed by atoms with Crippen molar-refractivity contribution in [2.45, 2.75) is 26.7 Å². The summed E-state index contributed by atoms with van der Waals surface area (Å²) < 4.78 is 17.8. The van der Waals surface area contributed by atoms with Crippen molar-refractivity contribution in [1.82, 2.24) is 0 Å². The Labute approximate surface area is 79.6 Å². The minimum absolute atomic E-state index is 0.292. The van der Waals surface area contributed by atoms with Crippen LogP contribution in [0, 0.1) is 0 Å². The molecule has 0 unspecified atom stereocenters. The molecule has 0 bridgehead atoms. The molecule has 0 aliphatic carbocycles. The molecule has 0 rings (SSSR count). The molecule has 0 amide bonds. The Balaban J connectivity index is 4.19. The second-order valence-corrected chi connectivity index (χ2v) is 2.85. The maximum absolute atomic E-state index is 13.0. The van der Waals surface area contributed by atoms with Gasteiger partial charge >= 0.3 is 0 Å². The van der Waals surface area contributed by atoms with Gasteiger partial charge in [-0.2, -0.15) is 0 Å². The molecule has 0 radical (unpaired) electrons. The van der Waals surface area contributed by atoms with Gasteiger partial charge in [0.15, 0.2) is 5.83 Å². The lowest BCUT2D eigenvalue weighted by atomic mass is 10.1. The van der Waals surface area contributed by atoms with Crippen molar-refractivity contribution in [1.29, 1.82) is 0 Å². The van der Waals surface area contributed by atoms with Crippen LogP contribution in [0.4, 0.5) is 4.39 Å². The van der Waals surface area contributed by atoms with Gasteiger partial charge in [0, 0.05) is 0 Å². The molecule has 0 atom stereocenters. The zero-order valence-corrected chi connectivity index (χ0v) is 8.56. The molecular weight excluding hydrogens is 167 g/mol. The van der Waals surface area contributed by atoms with Crippen LogP contribution in [0.3, 0.4) is 0 Å². The van der Waals surface area contributed by atoms with E-state index in [2.05, 4.69) is 13.5 Å². The maximum atomic E-state index is 13.0. The summed E-state index contributed by atoms with van der Waals surface area (Å²) in [7, 11) is 1.45. The van der Waals surface area contributed by atoms with Gasteiger partial charge in [-0.15, -0.1) is 0 Å². The zero-order valence-electron chi connectivity index (χ0n) is 8.56. The number of ether oxygens (including phenoxy) is 1. The van der Waals surface area contributed by atoms with Crippen LogP contribution in [0.1, 0.15) is 26.7 Å². The van der Waals surface area contributed by atoms with Gasteiger partial charge in [0.25, 0.3) is 0 Å². The number of methoxy groups -OCH3 is 1. The first-order valence-electron chi connectivity index (χ1n) is 4.38. The van der Waals surface area contributed by atoms with Gasteiger partial charge in [0.1, 0.15) is 5.76 Å². The van der Waals surface area contributed by atoms with Crippen molar-refractivity contribution in [3.05, 3.63) is 35.9 Å². The molecule has 0 fully saturated rings. The molecule has 13 heavy (non-hydrogen) atoms. The molecule has 0 aromatic carbocycles. The second kappa shape index (κ2) is 6.46. The molecular formula is C11H17FO. The molecule has 0 aromatic heterocycles. The third kappa shape index (κ3) is 5.23. The fourth-order valence-electron chi connectivity index (χ4n) is 0.810. The quantitative estimate of drug-likeness (QED) is 0.467. The molecule has 0 N–H and O–H groups in total. The smallest absolute Gasteiger partial charge is 0.160 e. The molecule has 0 aromatic rings. The van der Waals surface area contributed by atoms with Gasteiger partial charge in [-0.3, -0.25) is 0 Å². The first kappa shape index (κ1) is 11.9. The summed E-state index contributed by atoms with van der Waals surface area (Å²) in [6.07, 6.45) is 4.99. The Hall–Kier alpha value is -1.05. The number of hydrogen-bond donors (Lipinski definition) is 0. The Morgan fingerprint density at radius 2 is 2.08 bits per heavy atom. The molecule has 0 aliphatic rings. The van der Waals surface area contributed by atoms with E-state index in [1.165, 1.54) is 13.2 Å². The number of rotatable bonds is 5. The average molecular weight is 184 g/mol. The lowest BCUT2D eigenvalue weighted by Crippen LogP contribution is -1.82. The zero-order chi connectivity index (χ0) is 10.3. The van der Waals surface area contributed by atoms with E-state index in [0.717, 1.165) is 18.4 Å². The van der Waals surface area contributed by atoms with Gasteiger partial charge in [-0.1, -0.05) is 31.6 Å². The minimum Gasteiger partial charge on any atom is -0.498 e. The lowest BCUT2D eigenvalue weighted by molar-refractivity contribution is 0.280. The van der Waals surface area contributed by atoms with Crippen LogP contribution < -0.4 is 0 Å². The fraction of sp³-hybridized carbons (Fsp3) is 0.455. The topological polar surface area (TPSA) is 9.23 Å². The average Bonchev–Trinajstić information content (AvgIpc) is 2.13. The van der Waals surface area contributed by atoms with Gasteiger partial charge in [0.2, 0.25) is 0 Å². The Morgan fingerprint density at radius 3 is 2.54 bits per heavy atom. The molecule has 0 aliphatic heterocycles. The van der Waals surface area contributed by atoms with Crippen LogP contribution in [0.15, 0.2) is 35.9 Å². The van der Waals surface area contributed by atoms with Crippen molar-refractivity contribution in [3.8, 4) is 0 Å². The van der Waals surface area contributed by atoms with Crippen LogP contribution in [-0.2, 0) is 4.74 Å². The molecule has 0 saturated carbocycles. The highest BCUT2D eigenvalue weighted by Gasteiger charge is 1.95. The summed E-state index contributed by atoms with van der Waals surface area (Å²) in [5, 5.41) is 0. The van der Waals surface area contributed by atoms with Gasteiger partial charge in [0.05, 0.1) is 7.11 Å². The SMILES string of the molecule is C=C(/C=C\C(F)=C(/C)OC)CCC. The van der Waals surface area contributed by atoms with Crippen LogP contribution in [0.5, 0.6) is 0 Å². The first-order chi connectivity index (χ1) is 6.11. The third-order valence-corrected chi connectivity index (χ3v) is 1.68. The van der Waals surface area contributed by atoms with Gasteiger partial charge in [-0.25, -0.2) is 4.39 Å². The van der Waals surface area contributed by atoms with Crippen molar-refractivity contribution in [2.75, 3.05) is 7.11 Å². The van der Waals surface area contributed by atoms with E-state index in [9.17, 15) is 4.39 Å². The molecule has 0 saturated heterocycles. The van der Waals surface area contributed by atoms with Crippen LogP contribution in [0.25, 0.3) is 0 Å². The van der Waals surface area contributed by atoms with Crippen molar-refractivity contribution >= 4 is 0 Å². The number of hydrogen-bond acceptors (Lipinski definition) is 1. The van der Waals surface area contributed by atoms with Crippen molar-refractivity contribution in [3.63, 3.8) is 0 Å². The maximum Gasteiger partial charge on any atom is 0.160 e. The molecule has 1 nitrogen and oxygen atoms in total. The Kier molecular flexibility index (Phi) is 5.94. The highest BCUT2D eigenvalue weighted by atomic mass is 19.1. The summed E-state index contributed by atoms with van der Waals surface area (Å²) in [5.74, 6) is -0.0553. The predicted octanol–water partition coefficient (Wildman–Crippen LogP) is 3.75. The monoisotopic (exact) mass is 184 g/mol. The lowest BCUT2D eigenvalue weighted by Gasteiger charge is -1.98.